The van der Waals surface area contributed by atoms with Crippen LogP contribution in [-0.2, 0) is 9.53 Å². The maximum atomic E-state index is 14.0. The van der Waals surface area contributed by atoms with Gasteiger partial charge in [-0.3, -0.25) is 4.79 Å². The molecular weight excluding hydrogens is 622 g/mol. The van der Waals surface area contributed by atoms with E-state index in [1.807, 2.05) is 60.7 Å². The highest BCUT2D eigenvalue weighted by Gasteiger charge is 2.25. The highest BCUT2D eigenvalue weighted by atomic mass is 16.5. The highest BCUT2D eigenvalue weighted by Crippen LogP contribution is 2.42. The van der Waals surface area contributed by atoms with Crippen LogP contribution in [0.4, 0.5) is 17.1 Å². The van der Waals surface area contributed by atoms with Crippen molar-refractivity contribution in [2.45, 2.75) is 20.8 Å². The molecule has 6 rings (SSSR count). The summed E-state index contributed by atoms with van der Waals surface area (Å²) >= 11 is 0. The molecule has 252 valence electrons. The first kappa shape index (κ1) is 33.9. The average molecular weight is 665 g/mol. The number of carbonyl (C=O) groups excluding carboxylic acids is 2. The van der Waals surface area contributed by atoms with Crippen molar-refractivity contribution in [2.24, 2.45) is 0 Å². The zero-order valence-electron chi connectivity index (χ0n) is 29.1. The lowest BCUT2D eigenvalue weighted by Gasteiger charge is -2.23. The van der Waals surface area contributed by atoms with Crippen LogP contribution in [0.5, 0.6) is 0 Å². The van der Waals surface area contributed by atoms with Crippen LogP contribution in [0, 0.1) is 0 Å². The number of rotatable bonds is 11. The second kappa shape index (κ2) is 15.1. The summed E-state index contributed by atoms with van der Waals surface area (Å²) in [5.74, 6) is 0.0458. The second-order valence-corrected chi connectivity index (χ2v) is 12.2. The molecule has 1 amide bonds. The largest absolute Gasteiger partial charge is 0.460 e. The third kappa shape index (κ3) is 6.94. The van der Waals surface area contributed by atoms with Crippen molar-refractivity contribution in [3.8, 4) is 22.5 Å². The Bertz CT molecular complexity index is 2160. The minimum atomic E-state index is -0.473. The quantitative estimate of drug-likeness (QED) is 0.0600. The van der Waals surface area contributed by atoms with Gasteiger partial charge < -0.3 is 19.0 Å². The number of esters is 1. The molecule has 0 N–H and O–H groups in total. The standard InChI is InChI=1S/C43H42N3O4/c1-6-45(7-2)33-22-24-37-39(28-33)50-40-29-34(46(31-16-10-8-11-17-31)32-18-12-9-13-19-32)23-25-38(40)41(37)35-20-14-15-21-36(35)42(47)44(5)26-27-49-43(48)30(3)4/h8-25,28-29H,3,6-7,26-27H2,1-2,4-5H3/q+1. The fraction of sp³-hybridized carbons (Fsp3) is 0.186. The van der Waals surface area contributed by atoms with Crippen LogP contribution < -0.4 is 14.8 Å². The van der Waals surface area contributed by atoms with Crippen LogP contribution in [0.15, 0.2) is 138 Å². The Morgan fingerprint density at radius 1 is 0.780 bits per heavy atom. The summed E-state index contributed by atoms with van der Waals surface area (Å²) in [4.78, 5) is 29.8. The number of ether oxygens (including phenoxy) is 1. The van der Waals surface area contributed by atoms with E-state index < -0.39 is 5.97 Å². The van der Waals surface area contributed by atoms with Gasteiger partial charge in [0, 0.05) is 89.9 Å². The number of amides is 1. The number of carbonyl (C=O) groups is 2. The van der Waals surface area contributed by atoms with Crippen LogP contribution in [0.1, 0.15) is 31.1 Å². The molecule has 1 aliphatic heterocycles. The summed E-state index contributed by atoms with van der Waals surface area (Å²) in [6.45, 7) is 11.6. The van der Waals surface area contributed by atoms with Crippen molar-refractivity contribution in [1.29, 1.82) is 0 Å². The Morgan fingerprint density at radius 2 is 1.42 bits per heavy atom. The Morgan fingerprint density at radius 3 is 2.06 bits per heavy atom. The van der Waals surface area contributed by atoms with Gasteiger partial charge in [-0.2, -0.15) is 4.58 Å². The highest BCUT2D eigenvalue weighted by molar-refractivity contribution is 6.09. The molecule has 1 aliphatic carbocycles. The number of fused-ring (bicyclic) bond motifs is 2. The Hall–Kier alpha value is -5.95. The van der Waals surface area contributed by atoms with Crippen LogP contribution in [0.25, 0.3) is 33.4 Å². The van der Waals surface area contributed by atoms with E-state index in [4.69, 9.17) is 9.15 Å². The molecule has 7 nitrogen and oxygen atoms in total. The molecule has 50 heavy (non-hydrogen) atoms. The molecule has 0 aromatic heterocycles. The van der Waals surface area contributed by atoms with Crippen molar-refractivity contribution in [2.75, 3.05) is 38.2 Å². The molecule has 0 atom stereocenters. The molecule has 2 aliphatic rings. The van der Waals surface area contributed by atoms with Crippen molar-refractivity contribution < 1.29 is 18.7 Å². The molecule has 0 saturated carbocycles. The van der Waals surface area contributed by atoms with E-state index in [0.717, 1.165) is 63.2 Å². The number of anilines is 1. The van der Waals surface area contributed by atoms with E-state index in [2.05, 4.69) is 90.6 Å². The van der Waals surface area contributed by atoms with Gasteiger partial charge in [-0.1, -0.05) is 61.2 Å². The first-order valence-electron chi connectivity index (χ1n) is 17.0. The van der Waals surface area contributed by atoms with E-state index in [9.17, 15) is 9.59 Å². The lowest BCUT2D eigenvalue weighted by molar-refractivity contribution is -0.139. The molecule has 4 aromatic carbocycles. The molecule has 0 fully saturated rings. The SMILES string of the molecule is C=C(C)C(=O)OCCN(C)C(=O)c1ccccc1-c1c2ccc(=[N+](c3ccccc3)c3ccccc3)cc-2oc2cc(N(CC)CC)ccc12. The summed E-state index contributed by atoms with van der Waals surface area (Å²) in [6.07, 6.45) is 0. The lowest BCUT2D eigenvalue weighted by Crippen LogP contribution is -2.31. The minimum Gasteiger partial charge on any atom is -0.460 e. The summed E-state index contributed by atoms with van der Waals surface area (Å²) in [7, 11) is 1.72. The van der Waals surface area contributed by atoms with Gasteiger partial charge in [-0.05, 0) is 50.6 Å². The monoisotopic (exact) mass is 664 g/mol. The number of benzene rings is 5. The van der Waals surface area contributed by atoms with Gasteiger partial charge in [0.15, 0.2) is 0 Å². The molecule has 0 saturated heterocycles. The summed E-state index contributed by atoms with van der Waals surface area (Å²) in [5.41, 5.74) is 7.29. The van der Waals surface area contributed by atoms with Gasteiger partial charge in [-0.15, -0.1) is 0 Å². The first-order valence-corrected chi connectivity index (χ1v) is 17.0. The van der Waals surface area contributed by atoms with Crippen molar-refractivity contribution in [3.05, 3.63) is 144 Å². The molecular formula is C43H42N3O4+. The zero-order valence-corrected chi connectivity index (χ0v) is 29.1. The minimum absolute atomic E-state index is 0.0718. The van der Waals surface area contributed by atoms with E-state index >= 15 is 0 Å². The number of hydrogen-bond acceptors (Lipinski definition) is 5. The number of likely N-dealkylation sites (N-methyl/N-ethyl adjacent to an activating group) is 1. The van der Waals surface area contributed by atoms with Crippen molar-refractivity contribution in [1.82, 2.24) is 9.48 Å². The van der Waals surface area contributed by atoms with E-state index in [1.165, 1.54) is 0 Å². The predicted octanol–water partition coefficient (Wildman–Crippen LogP) is 8.68. The summed E-state index contributed by atoms with van der Waals surface area (Å²) < 4.78 is 14.3. The van der Waals surface area contributed by atoms with Crippen LogP contribution in [0.3, 0.4) is 0 Å². The third-order valence-corrected chi connectivity index (χ3v) is 8.89. The summed E-state index contributed by atoms with van der Waals surface area (Å²) in [6, 6.07) is 40.8. The smallest absolute Gasteiger partial charge is 0.333 e. The lowest BCUT2D eigenvalue weighted by atomic mass is 9.90. The van der Waals surface area contributed by atoms with Gasteiger partial charge in [0.05, 0.1) is 12.6 Å². The first-order chi connectivity index (χ1) is 24.3. The number of para-hydroxylation sites is 2. The maximum absolute atomic E-state index is 14.0. The van der Waals surface area contributed by atoms with Gasteiger partial charge in [-0.25, -0.2) is 4.79 Å². The average Bonchev–Trinajstić information content (AvgIpc) is 3.14. The molecule has 0 bridgehead atoms. The topological polar surface area (TPSA) is 66.0 Å². The molecule has 0 spiro atoms. The third-order valence-electron chi connectivity index (χ3n) is 8.89. The maximum Gasteiger partial charge on any atom is 0.333 e. The van der Waals surface area contributed by atoms with Gasteiger partial charge in [0.2, 0.25) is 16.7 Å². The summed E-state index contributed by atoms with van der Waals surface area (Å²) in [5, 5.41) is 1.85. The Labute approximate surface area is 293 Å². The number of hydrogen-bond donors (Lipinski definition) is 0. The fourth-order valence-electron chi connectivity index (χ4n) is 6.28. The van der Waals surface area contributed by atoms with Gasteiger partial charge in [0.1, 0.15) is 18.0 Å². The van der Waals surface area contributed by atoms with Crippen molar-refractivity contribution >= 4 is 39.9 Å². The molecule has 0 radical (unpaired) electrons. The molecule has 0 unspecified atom stereocenters. The second-order valence-electron chi connectivity index (χ2n) is 12.2. The van der Waals surface area contributed by atoms with E-state index in [1.54, 1.807) is 18.9 Å². The zero-order chi connectivity index (χ0) is 35.2. The normalized spacial score (nSPS) is 11.0. The number of nitrogens with zero attached hydrogens (tertiary/aromatic N) is 3. The Balaban J connectivity index is 1.58. The Kier molecular flexibility index (Phi) is 10.2. The van der Waals surface area contributed by atoms with Crippen LogP contribution in [0.2, 0.25) is 0 Å². The molecule has 4 aromatic rings. The van der Waals surface area contributed by atoms with Gasteiger partial charge >= 0.3 is 5.97 Å². The van der Waals surface area contributed by atoms with Crippen LogP contribution in [-0.4, -0.2) is 50.1 Å². The molecule has 1 heterocycles. The van der Waals surface area contributed by atoms with Crippen LogP contribution >= 0.6 is 0 Å². The van der Waals surface area contributed by atoms with Gasteiger partial charge in [0.25, 0.3) is 5.91 Å². The fourth-order valence-corrected chi connectivity index (χ4v) is 6.28. The predicted molar refractivity (Wildman–Crippen MR) is 202 cm³/mol. The van der Waals surface area contributed by atoms with Crippen molar-refractivity contribution in [3.63, 3.8) is 0 Å². The molecule has 7 heteroatoms. The van der Waals surface area contributed by atoms with E-state index in [-0.39, 0.29) is 19.1 Å². The van der Waals surface area contributed by atoms with E-state index in [0.29, 0.717) is 16.9 Å².